The molecule has 7 heteroatoms. The molecular weight excluding hydrogens is 365 g/mol. The third kappa shape index (κ3) is 5.17. The standard InChI is InChI=1S/C20H20FN3O2S/c1-3-14-4-6-15(7-5-14)13(2)22-18(25)12-27-20-24-23-19(26-20)16-8-10-17(21)11-9-16/h4-11,13H,3,12H2,1-2H3,(H,22,25)/t13-/m1/s1. The van der Waals surface area contributed by atoms with E-state index in [0.717, 1.165) is 23.7 Å². The summed E-state index contributed by atoms with van der Waals surface area (Å²) in [6.07, 6.45) is 0.988. The van der Waals surface area contributed by atoms with Crippen molar-refractivity contribution in [1.82, 2.24) is 15.5 Å². The number of rotatable bonds is 7. The predicted molar refractivity (Wildman–Crippen MR) is 103 cm³/mol. The lowest BCUT2D eigenvalue weighted by Gasteiger charge is -2.14. The summed E-state index contributed by atoms with van der Waals surface area (Å²) in [6, 6.07) is 13.9. The van der Waals surface area contributed by atoms with Gasteiger partial charge in [-0.25, -0.2) is 4.39 Å². The Labute approximate surface area is 161 Å². The number of nitrogens with zero attached hydrogens (tertiary/aromatic N) is 2. The molecule has 2 aromatic carbocycles. The number of thioether (sulfide) groups is 1. The second-order valence-corrected chi connectivity index (χ2v) is 6.98. The van der Waals surface area contributed by atoms with E-state index in [0.29, 0.717) is 16.7 Å². The van der Waals surface area contributed by atoms with Crippen molar-refractivity contribution in [3.8, 4) is 11.5 Å². The Hall–Kier alpha value is -2.67. The van der Waals surface area contributed by atoms with Crippen molar-refractivity contribution in [1.29, 1.82) is 0 Å². The fourth-order valence-corrected chi connectivity index (χ4v) is 3.09. The third-order valence-electron chi connectivity index (χ3n) is 4.09. The average Bonchev–Trinajstić information content (AvgIpc) is 3.16. The van der Waals surface area contributed by atoms with Crippen molar-refractivity contribution in [2.24, 2.45) is 0 Å². The maximum absolute atomic E-state index is 13.0. The van der Waals surface area contributed by atoms with Crippen molar-refractivity contribution in [2.45, 2.75) is 31.5 Å². The van der Waals surface area contributed by atoms with Crippen molar-refractivity contribution in [3.63, 3.8) is 0 Å². The molecule has 0 radical (unpaired) electrons. The Morgan fingerprint density at radius 2 is 1.85 bits per heavy atom. The first-order chi connectivity index (χ1) is 13.0. The fraction of sp³-hybridized carbons (Fsp3) is 0.250. The molecular formula is C20H20FN3O2S. The van der Waals surface area contributed by atoms with Gasteiger partial charge in [-0.15, -0.1) is 10.2 Å². The molecule has 1 aromatic heterocycles. The second kappa shape index (κ2) is 8.81. The summed E-state index contributed by atoms with van der Waals surface area (Å²) >= 11 is 1.16. The number of aromatic nitrogens is 2. The van der Waals surface area contributed by atoms with Crippen LogP contribution in [0.3, 0.4) is 0 Å². The Balaban J connectivity index is 1.52. The number of carbonyl (C=O) groups is 1. The lowest BCUT2D eigenvalue weighted by atomic mass is 10.1. The van der Waals surface area contributed by atoms with Crippen molar-refractivity contribution in [2.75, 3.05) is 5.75 Å². The van der Waals surface area contributed by atoms with E-state index in [-0.39, 0.29) is 23.5 Å². The summed E-state index contributed by atoms with van der Waals surface area (Å²) in [6.45, 7) is 4.05. The second-order valence-electron chi connectivity index (χ2n) is 6.05. The average molecular weight is 385 g/mol. The zero-order valence-corrected chi connectivity index (χ0v) is 15.9. The van der Waals surface area contributed by atoms with Crippen molar-refractivity contribution >= 4 is 17.7 Å². The summed E-state index contributed by atoms with van der Waals surface area (Å²) in [5, 5.41) is 11.1. The lowest BCUT2D eigenvalue weighted by molar-refractivity contribution is -0.119. The molecule has 1 amide bonds. The normalized spacial score (nSPS) is 12.0. The van der Waals surface area contributed by atoms with Crippen LogP contribution in [0.4, 0.5) is 4.39 Å². The van der Waals surface area contributed by atoms with Gasteiger partial charge in [0.2, 0.25) is 11.8 Å². The molecule has 0 saturated heterocycles. The highest BCUT2D eigenvalue weighted by Crippen LogP contribution is 2.23. The van der Waals surface area contributed by atoms with E-state index in [1.165, 1.54) is 17.7 Å². The zero-order chi connectivity index (χ0) is 19.2. The zero-order valence-electron chi connectivity index (χ0n) is 15.1. The summed E-state index contributed by atoms with van der Waals surface area (Å²) in [4.78, 5) is 12.2. The van der Waals surface area contributed by atoms with E-state index in [9.17, 15) is 9.18 Å². The highest BCUT2D eigenvalue weighted by molar-refractivity contribution is 7.99. The molecule has 0 fully saturated rings. The molecule has 0 aliphatic heterocycles. The minimum atomic E-state index is -0.331. The van der Waals surface area contributed by atoms with E-state index in [4.69, 9.17) is 4.42 Å². The molecule has 27 heavy (non-hydrogen) atoms. The van der Waals surface area contributed by atoms with Crippen LogP contribution in [0.5, 0.6) is 0 Å². The van der Waals surface area contributed by atoms with Crippen LogP contribution in [0.25, 0.3) is 11.5 Å². The van der Waals surface area contributed by atoms with Crippen molar-refractivity contribution in [3.05, 3.63) is 65.5 Å². The monoisotopic (exact) mass is 385 g/mol. The van der Waals surface area contributed by atoms with Crippen LogP contribution >= 0.6 is 11.8 Å². The van der Waals surface area contributed by atoms with E-state index in [1.54, 1.807) is 12.1 Å². The number of halogens is 1. The number of benzene rings is 2. The van der Waals surface area contributed by atoms with Gasteiger partial charge < -0.3 is 9.73 Å². The third-order valence-corrected chi connectivity index (χ3v) is 4.91. The van der Waals surface area contributed by atoms with Crippen LogP contribution in [0.2, 0.25) is 0 Å². The number of aryl methyl sites for hydroxylation is 1. The summed E-state index contributed by atoms with van der Waals surface area (Å²) in [5.74, 6) is 0.0153. The maximum atomic E-state index is 13.0. The number of hydrogen-bond acceptors (Lipinski definition) is 5. The quantitative estimate of drug-likeness (QED) is 0.610. The minimum Gasteiger partial charge on any atom is -0.411 e. The molecule has 1 heterocycles. The Morgan fingerprint density at radius 1 is 1.15 bits per heavy atom. The molecule has 0 unspecified atom stereocenters. The molecule has 3 rings (SSSR count). The molecule has 3 aromatic rings. The SMILES string of the molecule is CCc1ccc([C@@H](C)NC(=O)CSc2nnc(-c3ccc(F)cc3)o2)cc1. The molecule has 140 valence electrons. The van der Waals surface area contributed by atoms with Crippen LogP contribution in [-0.4, -0.2) is 21.9 Å². The molecule has 0 aliphatic carbocycles. The van der Waals surface area contributed by atoms with Crippen LogP contribution in [0.1, 0.15) is 31.0 Å². The first-order valence-corrected chi connectivity index (χ1v) is 9.64. The number of carbonyl (C=O) groups excluding carboxylic acids is 1. The van der Waals surface area contributed by atoms with E-state index in [2.05, 4.69) is 34.6 Å². The van der Waals surface area contributed by atoms with Crippen LogP contribution in [0.15, 0.2) is 58.2 Å². The van der Waals surface area contributed by atoms with Gasteiger partial charge in [-0.3, -0.25) is 4.79 Å². The molecule has 0 bridgehead atoms. The van der Waals surface area contributed by atoms with Crippen LogP contribution in [0, 0.1) is 5.82 Å². The van der Waals surface area contributed by atoms with Gasteiger partial charge >= 0.3 is 0 Å². The highest BCUT2D eigenvalue weighted by atomic mass is 32.2. The van der Waals surface area contributed by atoms with Gasteiger partial charge in [0.05, 0.1) is 11.8 Å². The largest absolute Gasteiger partial charge is 0.411 e. The minimum absolute atomic E-state index is 0.0820. The summed E-state index contributed by atoms with van der Waals surface area (Å²) in [7, 11) is 0. The Kier molecular flexibility index (Phi) is 6.24. The predicted octanol–water partition coefficient (Wildman–Crippen LogP) is 4.41. The van der Waals surface area contributed by atoms with Crippen LogP contribution in [-0.2, 0) is 11.2 Å². The molecule has 5 nitrogen and oxygen atoms in total. The first-order valence-electron chi connectivity index (χ1n) is 8.65. The molecule has 1 N–H and O–H groups in total. The maximum Gasteiger partial charge on any atom is 0.277 e. The lowest BCUT2D eigenvalue weighted by Crippen LogP contribution is -2.28. The van der Waals surface area contributed by atoms with E-state index >= 15 is 0 Å². The Bertz CT molecular complexity index is 894. The van der Waals surface area contributed by atoms with Gasteiger partial charge in [-0.2, -0.15) is 0 Å². The summed E-state index contributed by atoms with van der Waals surface area (Å²) < 4.78 is 18.5. The van der Waals surface area contributed by atoms with Gasteiger partial charge in [0.25, 0.3) is 5.22 Å². The molecule has 0 spiro atoms. The van der Waals surface area contributed by atoms with Gasteiger partial charge in [0.1, 0.15) is 5.82 Å². The molecule has 1 atom stereocenters. The van der Waals surface area contributed by atoms with Crippen molar-refractivity contribution < 1.29 is 13.6 Å². The highest BCUT2D eigenvalue weighted by Gasteiger charge is 2.13. The number of hydrogen-bond donors (Lipinski definition) is 1. The fourth-order valence-electron chi connectivity index (χ4n) is 2.51. The smallest absolute Gasteiger partial charge is 0.277 e. The topological polar surface area (TPSA) is 68.0 Å². The number of amides is 1. The van der Waals surface area contributed by atoms with Gasteiger partial charge in [0.15, 0.2) is 0 Å². The van der Waals surface area contributed by atoms with Crippen LogP contribution < -0.4 is 5.32 Å². The van der Waals surface area contributed by atoms with Gasteiger partial charge in [-0.05, 0) is 48.7 Å². The van der Waals surface area contributed by atoms with Gasteiger partial charge in [0, 0.05) is 5.56 Å². The van der Waals surface area contributed by atoms with E-state index < -0.39 is 0 Å². The first kappa shape index (κ1) is 19.1. The Morgan fingerprint density at radius 3 is 2.52 bits per heavy atom. The van der Waals surface area contributed by atoms with Gasteiger partial charge in [-0.1, -0.05) is 43.0 Å². The summed E-state index contributed by atoms with van der Waals surface area (Å²) in [5.41, 5.74) is 2.95. The molecule has 0 saturated carbocycles. The molecule has 0 aliphatic rings. The van der Waals surface area contributed by atoms with E-state index in [1.807, 2.05) is 19.1 Å². The number of nitrogens with one attached hydrogen (secondary N) is 1.